The Balaban J connectivity index is 0.836. The summed E-state index contributed by atoms with van der Waals surface area (Å²) in [7, 11) is 1.79. The van der Waals surface area contributed by atoms with Crippen LogP contribution in [0.2, 0.25) is 0 Å². The molecule has 5 N–H and O–H groups in total. The molecule has 5 amide bonds. The van der Waals surface area contributed by atoms with Crippen LogP contribution < -0.4 is 36.4 Å². The van der Waals surface area contributed by atoms with Crippen LogP contribution in [0.15, 0.2) is 36.4 Å². The van der Waals surface area contributed by atoms with Gasteiger partial charge in [0.25, 0.3) is 5.91 Å². The minimum atomic E-state index is -0.819. The molecule has 2 unspecified atom stereocenters. The van der Waals surface area contributed by atoms with Crippen LogP contribution in [0, 0.1) is 17.6 Å². The number of carbonyl (C=O) groups is 4. The van der Waals surface area contributed by atoms with Gasteiger partial charge in [-0.25, -0.2) is 13.6 Å². The Morgan fingerprint density at radius 2 is 1.71 bits per heavy atom. The van der Waals surface area contributed by atoms with Gasteiger partial charge in [-0.15, -0.1) is 10.2 Å². The number of hydrogen-bond donors (Lipinski definition) is 4. The largest absolute Gasteiger partial charge is 0.371 e. The second kappa shape index (κ2) is 16.6. The van der Waals surface area contributed by atoms with Crippen molar-refractivity contribution < 1.29 is 28.0 Å². The molecule has 3 aromatic rings. The van der Waals surface area contributed by atoms with E-state index in [0.717, 1.165) is 57.7 Å². The van der Waals surface area contributed by atoms with Crippen molar-refractivity contribution in [2.24, 2.45) is 11.7 Å². The van der Waals surface area contributed by atoms with Gasteiger partial charge in [-0.05, 0) is 68.0 Å². The average molecular weight is 802 g/mol. The minimum Gasteiger partial charge on any atom is -0.371 e. The van der Waals surface area contributed by atoms with Crippen molar-refractivity contribution in [1.29, 1.82) is 0 Å². The van der Waals surface area contributed by atoms with Crippen molar-refractivity contribution in [2.45, 2.75) is 44.2 Å². The number of nitrogens with one attached hydrogen (secondary N) is 3. The number of imide groups is 1. The van der Waals surface area contributed by atoms with E-state index < -0.39 is 29.5 Å². The Morgan fingerprint density at radius 3 is 2.43 bits per heavy atom. The molecule has 5 aliphatic heterocycles. The summed E-state index contributed by atoms with van der Waals surface area (Å²) in [6, 6.07) is 9.17. The number of piperazine rings is 1. The summed E-state index contributed by atoms with van der Waals surface area (Å²) in [5, 5.41) is 16.5. The number of likely N-dealkylation sites (N-methyl/N-ethyl adjacent to an activating group) is 1. The molecule has 308 valence electrons. The summed E-state index contributed by atoms with van der Waals surface area (Å²) >= 11 is 0. The van der Waals surface area contributed by atoms with E-state index in [-0.39, 0.29) is 41.6 Å². The van der Waals surface area contributed by atoms with Crippen LogP contribution in [-0.2, 0) is 9.59 Å². The number of rotatable bonds is 11. The fraction of sp³-hybridized carbons (Fsp3) is 0.513. The molecule has 1 aromatic heterocycles. The van der Waals surface area contributed by atoms with Gasteiger partial charge in [0.1, 0.15) is 17.7 Å². The Hall–Kier alpha value is -5.85. The molecule has 6 heterocycles. The Morgan fingerprint density at radius 1 is 0.879 bits per heavy atom. The number of anilines is 6. The van der Waals surface area contributed by atoms with E-state index in [1.807, 2.05) is 20.8 Å². The van der Waals surface area contributed by atoms with Gasteiger partial charge < -0.3 is 40.9 Å². The van der Waals surface area contributed by atoms with Crippen molar-refractivity contribution in [1.82, 2.24) is 35.2 Å². The van der Waals surface area contributed by atoms with E-state index >= 15 is 8.78 Å². The highest BCUT2D eigenvalue weighted by Gasteiger charge is 2.35. The summed E-state index contributed by atoms with van der Waals surface area (Å²) in [5.41, 5.74) is 7.33. The number of nitrogens with two attached hydrogens (primary N) is 1. The van der Waals surface area contributed by atoms with Crippen molar-refractivity contribution >= 4 is 58.3 Å². The van der Waals surface area contributed by atoms with Crippen LogP contribution in [0.3, 0.4) is 0 Å². The fourth-order valence-corrected chi connectivity index (χ4v) is 8.67. The predicted octanol–water partition coefficient (Wildman–Crippen LogP) is 2.19. The van der Waals surface area contributed by atoms with E-state index in [4.69, 9.17) is 5.73 Å². The molecule has 0 aliphatic carbocycles. The van der Waals surface area contributed by atoms with E-state index in [2.05, 4.69) is 40.9 Å². The Kier molecular flexibility index (Phi) is 11.1. The number of carbonyl (C=O) groups excluding carboxylic acids is 4. The quantitative estimate of drug-likeness (QED) is 0.207. The first-order chi connectivity index (χ1) is 28.0. The maximum atomic E-state index is 15.7. The lowest BCUT2D eigenvalue weighted by Crippen LogP contribution is -2.49. The highest BCUT2D eigenvalue weighted by molar-refractivity contribution is 6.01. The molecule has 0 saturated carbocycles. The summed E-state index contributed by atoms with van der Waals surface area (Å²) in [5.74, 6) is -1.68. The fourth-order valence-electron chi connectivity index (χ4n) is 8.67. The maximum Gasteiger partial charge on any atom is 0.320 e. The number of amides is 5. The van der Waals surface area contributed by atoms with Gasteiger partial charge in [-0.3, -0.25) is 24.6 Å². The van der Waals surface area contributed by atoms with Crippen LogP contribution in [0.4, 0.5) is 48.1 Å². The zero-order chi connectivity index (χ0) is 40.5. The molecule has 58 heavy (non-hydrogen) atoms. The number of primary amides is 1. The van der Waals surface area contributed by atoms with E-state index in [0.29, 0.717) is 68.9 Å². The first-order valence-corrected chi connectivity index (χ1v) is 20.0. The minimum absolute atomic E-state index is 0.0000319. The van der Waals surface area contributed by atoms with Gasteiger partial charge in [-0.1, -0.05) is 0 Å². The monoisotopic (exact) mass is 801 g/mol. The number of hydrogen-bond acceptors (Lipinski definition) is 13. The topological polar surface area (TPSA) is 188 Å². The Bertz CT molecular complexity index is 2070. The van der Waals surface area contributed by atoms with Crippen LogP contribution in [0.1, 0.15) is 42.6 Å². The summed E-state index contributed by atoms with van der Waals surface area (Å²) in [6.07, 6.45) is 3.20. The molecule has 3 atom stereocenters. The zero-order valence-electron chi connectivity index (χ0n) is 32.5. The third-order valence-corrected chi connectivity index (χ3v) is 11.9. The summed E-state index contributed by atoms with van der Waals surface area (Å²) < 4.78 is 30.8. The van der Waals surface area contributed by atoms with Gasteiger partial charge in [-0.2, -0.15) is 4.98 Å². The van der Waals surface area contributed by atoms with Crippen LogP contribution in [0.5, 0.6) is 0 Å². The molecule has 5 aliphatic rings. The van der Waals surface area contributed by atoms with Crippen LogP contribution in [-0.4, -0.2) is 145 Å². The lowest BCUT2D eigenvalue weighted by Gasteiger charge is -2.37. The second-order valence-corrected chi connectivity index (χ2v) is 15.8. The highest BCUT2D eigenvalue weighted by atomic mass is 19.1. The molecule has 0 radical (unpaired) electrons. The molecule has 5 fully saturated rings. The van der Waals surface area contributed by atoms with Gasteiger partial charge in [0, 0.05) is 96.8 Å². The van der Waals surface area contributed by atoms with E-state index in [9.17, 15) is 19.2 Å². The average Bonchev–Trinajstić information content (AvgIpc) is 3.82. The summed E-state index contributed by atoms with van der Waals surface area (Å²) in [6.45, 7) is 7.84. The molecule has 0 bridgehead atoms. The molecule has 8 rings (SSSR count). The smallest absolute Gasteiger partial charge is 0.320 e. The van der Waals surface area contributed by atoms with E-state index in [1.165, 1.54) is 12.1 Å². The van der Waals surface area contributed by atoms with Gasteiger partial charge in [0.15, 0.2) is 11.5 Å². The van der Waals surface area contributed by atoms with Crippen LogP contribution >= 0.6 is 0 Å². The third-order valence-electron chi connectivity index (χ3n) is 11.9. The first kappa shape index (κ1) is 39.0. The number of nitrogens with zero attached hydrogens (tertiary/aromatic N) is 9. The lowest BCUT2D eigenvalue weighted by atomic mass is 10.0. The molecule has 5 saturated heterocycles. The number of piperidine rings is 2. The Labute approximate surface area is 334 Å². The highest BCUT2D eigenvalue weighted by Crippen LogP contribution is 2.31. The van der Waals surface area contributed by atoms with Crippen molar-refractivity contribution in [3.63, 3.8) is 0 Å². The first-order valence-electron chi connectivity index (χ1n) is 20.0. The zero-order valence-corrected chi connectivity index (χ0v) is 32.5. The predicted molar refractivity (Wildman–Crippen MR) is 213 cm³/mol. The third kappa shape index (κ3) is 8.39. The summed E-state index contributed by atoms with van der Waals surface area (Å²) in [4.78, 5) is 65.2. The number of aromatic nitrogens is 3. The molecule has 17 nitrogen and oxygen atoms in total. The maximum absolute atomic E-state index is 15.7. The molecular weight excluding hydrogens is 753 g/mol. The SMILES string of the molecule is CN1CCN([C@@H]2CCCN(c3nnc(C(N)=O)c(Nc4ccc(N5CCN(CC6CCN(c7ccc(NC8CCC(=O)NC8=O)c(F)c7)C6)CC5)c(F)c4)n3)C2)C1=O. The molecule has 0 spiro atoms. The number of halogens is 2. The van der Waals surface area contributed by atoms with Crippen molar-refractivity contribution in [2.75, 3.05) is 104 Å². The molecular formula is C39H49F2N13O4. The lowest BCUT2D eigenvalue weighted by molar-refractivity contribution is -0.133. The van der Waals surface area contributed by atoms with Crippen LogP contribution in [0.25, 0.3) is 0 Å². The standard InChI is InChI=1S/C39H49F2N13O4/c1-49-13-18-54(39(49)58)27-3-2-11-53(23-27)38-46-36(34(35(42)56)47-48-38)43-25-4-8-32(29(41)19-25)51-16-14-50(15-17-51)21-24-10-12-52(22-24)26-5-6-30(28(40)20-26)44-31-7-9-33(55)45-37(31)57/h4-6,8,19-20,24,27,31,44H,2-3,7,9-18,21-23H2,1H3,(H2,42,56)(H,43,46,48)(H,45,55,57)/t24?,27-,31?/m1/s1. The second-order valence-electron chi connectivity index (χ2n) is 15.8. The number of urea groups is 1. The van der Waals surface area contributed by atoms with Gasteiger partial charge in [0.2, 0.25) is 17.8 Å². The van der Waals surface area contributed by atoms with Crippen molar-refractivity contribution in [3.05, 3.63) is 53.7 Å². The molecule has 19 heteroatoms. The van der Waals surface area contributed by atoms with E-state index in [1.54, 1.807) is 30.1 Å². The van der Waals surface area contributed by atoms with Gasteiger partial charge >= 0.3 is 6.03 Å². The van der Waals surface area contributed by atoms with Crippen molar-refractivity contribution in [3.8, 4) is 0 Å². The number of benzene rings is 2. The normalized spacial score (nSPS) is 23.1. The van der Waals surface area contributed by atoms with Gasteiger partial charge in [0.05, 0.1) is 17.4 Å². The molecule has 2 aromatic carbocycles.